The molecular formula is C14H20FN. The van der Waals surface area contributed by atoms with Gasteiger partial charge in [-0.15, -0.1) is 0 Å². The first kappa shape index (κ1) is 11.6. The molecule has 0 radical (unpaired) electrons. The molecule has 1 saturated carbocycles. The third-order valence-electron chi connectivity index (χ3n) is 3.66. The molecule has 1 fully saturated rings. The van der Waals surface area contributed by atoms with E-state index in [-0.39, 0.29) is 5.82 Å². The molecule has 0 heterocycles. The lowest BCUT2D eigenvalue weighted by molar-refractivity contribution is 0.156. The zero-order chi connectivity index (χ0) is 11.6. The van der Waals surface area contributed by atoms with Gasteiger partial charge in [0.2, 0.25) is 0 Å². The zero-order valence-electron chi connectivity index (χ0n) is 10.1. The first-order valence-electron chi connectivity index (χ1n) is 6.05. The van der Waals surface area contributed by atoms with Crippen molar-refractivity contribution in [3.63, 3.8) is 0 Å². The molecule has 0 atom stereocenters. The van der Waals surface area contributed by atoms with Crippen molar-refractivity contribution in [3.05, 3.63) is 35.1 Å². The molecule has 16 heavy (non-hydrogen) atoms. The molecule has 0 aromatic heterocycles. The largest absolute Gasteiger partial charge is 0.312 e. The average molecular weight is 221 g/mol. The lowest BCUT2D eigenvalue weighted by Crippen LogP contribution is -2.36. The fourth-order valence-corrected chi connectivity index (χ4v) is 2.28. The van der Waals surface area contributed by atoms with E-state index in [0.717, 1.165) is 18.7 Å². The van der Waals surface area contributed by atoms with E-state index in [1.54, 1.807) is 6.07 Å². The van der Waals surface area contributed by atoms with Crippen LogP contribution in [0.15, 0.2) is 18.2 Å². The van der Waals surface area contributed by atoms with Crippen LogP contribution in [-0.4, -0.2) is 6.54 Å². The van der Waals surface area contributed by atoms with E-state index < -0.39 is 0 Å². The van der Waals surface area contributed by atoms with Gasteiger partial charge in [0.25, 0.3) is 0 Å². The normalized spacial score (nSPS) is 18.2. The highest BCUT2D eigenvalue weighted by Crippen LogP contribution is 2.39. The smallest absolute Gasteiger partial charge is 0.126 e. The number of hydrogen-bond donors (Lipinski definition) is 1. The Morgan fingerprint density at radius 2 is 2.12 bits per heavy atom. The van der Waals surface area contributed by atoms with Crippen molar-refractivity contribution in [2.24, 2.45) is 5.41 Å². The molecule has 1 aliphatic rings. The van der Waals surface area contributed by atoms with Crippen LogP contribution in [0.25, 0.3) is 0 Å². The Kier molecular flexibility index (Phi) is 3.29. The fraction of sp³-hybridized carbons (Fsp3) is 0.571. The van der Waals surface area contributed by atoms with Crippen LogP contribution in [0, 0.1) is 18.2 Å². The van der Waals surface area contributed by atoms with Crippen LogP contribution in [0.2, 0.25) is 0 Å². The average Bonchev–Trinajstić information content (AvgIpc) is 2.21. The summed E-state index contributed by atoms with van der Waals surface area (Å²) in [5, 5.41) is 3.47. The lowest BCUT2D eigenvalue weighted by atomic mass is 9.70. The number of rotatable bonds is 4. The van der Waals surface area contributed by atoms with Crippen LogP contribution in [-0.2, 0) is 6.54 Å². The topological polar surface area (TPSA) is 12.0 Å². The molecule has 0 amide bonds. The van der Waals surface area contributed by atoms with Crippen molar-refractivity contribution in [3.8, 4) is 0 Å². The van der Waals surface area contributed by atoms with Gasteiger partial charge in [-0.3, -0.25) is 0 Å². The summed E-state index contributed by atoms with van der Waals surface area (Å²) in [5.41, 5.74) is 2.41. The minimum Gasteiger partial charge on any atom is -0.312 e. The minimum absolute atomic E-state index is 0.116. The van der Waals surface area contributed by atoms with E-state index in [4.69, 9.17) is 0 Å². The maximum absolute atomic E-state index is 13.1. The second kappa shape index (κ2) is 4.54. The molecule has 0 unspecified atom stereocenters. The Morgan fingerprint density at radius 3 is 2.69 bits per heavy atom. The van der Waals surface area contributed by atoms with Gasteiger partial charge in [-0.1, -0.05) is 25.5 Å². The van der Waals surface area contributed by atoms with Crippen LogP contribution < -0.4 is 5.32 Å². The molecule has 1 nitrogen and oxygen atoms in total. The van der Waals surface area contributed by atoms with E-state index in [9.17, 15) is 4.39 Å². The summed E-state index contributed by atoms with van der Waals surface area (Å²) in [7, 11) is 0. The Bertz CT molecular complexity index is 369. The Balaban J connectivity index is 1.83. The molecule has 1 aromatic carbocycles. The molecule has 1 N–H and O–H groups in total. The lowest BCUT2D eigenvalue weighted by Gasteiger charge is -2.38. The summed E-state index contributed by atoms with van der Waals surface area (Å²) in [6, 6.07) is 5.33. The van der Waals surface area contributed by atoms with Crippen molar-refractivity contribution >= 4 is 0 Å². The summed E-state index contributed by atoms with van der Waals surface area (Å²) < 4.78 is 13.1. The quantitative estimate of drug-likeness (QED) is 0.821. The zero-order valence-corrected chi connectivity index (χ0v) is 10.1. The number of aryl methyl sites for hydroxylation is 1. The van der Waals surface area contributed by atoms with E-state index in [1.165, 1.54) is 24.8 Å². The summed E-state index contributed by atoms with van der Waals surface area (Å²) in [5.74, 6) is -0.116. The number of benzene rings is 1. The highest BCUT2D eigenvalue weighted by molar-refractivity contribution is 5.23. The monoisotopic (exact) mass is 221 g/mol. The minimum atomic E-state index is -0.116. The van der Waals surface area contributed by atoms with Crippen LogP contribution in [0.5, 0.6) is 0 Å². The van der Waals surface area contributed by atoms with Gasteiger partial charge < -0.3 is 5.32 Å². The maximum Gasteiger partial charge on any atom is 0.126 e. The molecule has 88 valence electrons. The van der Waals surface area contributed by atoms with E-state index in [0.29, 0.717) is 5.41 Å². The highest BCUT2D eigenvalue weighted by Gasteiger charge is 2.30. The van der Waals surface area contributed by atoms with Gasteiger partial charge in [0.05, 0.1) is 0 Å². The van der Waals surface area contributed by atoms with Crippen molar-refractivity contribution in [1.82, 2.24) is 5.32 Å². The second-order valence-electron chi connectivity index (χ2n) is 5.35. The van der Waals surface area contributed by atoms with E-state index in [1.807, 2.05) is 19.1 Å². The number of hydrogen-bond acceptors (Lipinski definition) is 1. The van der Waals surface area contributed by atoms with Crippen molar-refractivity contribution in [2.75, 3.05) is 6.54 Å². The van der Waals surface area contributed by atoms with E-state index in [2.05, 4.69) is 12.2 Å². The fourth-order valence-electron chi connectivity index (χ4n) is 2.28. The maximum atomic E-state index is 13.1. The SMILES string of the molecule is Cc1cc(CNCC2(C)CCC2)ccc1F. The van der Waals surface area contributed by atoms with Crippen molar-refractivity contribution in [1.29, 1.82) is 0 Å². The molecule has 2 heteroatoms. The molecule has 0 bridgehead atoms. The van der Waals surface area contributed by atoms with Crippen molar-refractivity contribution < 1.29 is 4.39 Å². The summed E-state index contributed by atoms with van der Waals surface area (Å²) in [6.45, 7) is 6.06. The van der Waals surface area contributed by atoms with Gasteiger partial charge >= 0.3 is 0 Å². The van der Waals surface area contributed by atoms with Gasteiger partial charge in [-0.05, 0) is 42.4 Å². The first-order valence-corrected chi connectivity index (χ1v) is 6.05. The van der Waals surface area contributed by atoms with Gasteiger partial charge in [-0.25, -0.2) is 4.39 Å². The van der Waals surface area contributed by atoms with Gasteiger partial charge in [0.1, 0.15) is 5.82 Å². The molecule has 2 rings (SSSR count). The Morgan fingerprint density at radius 1 is 1.38 bits per heavy atom. The van der Waals surface area contributed by atoms with Crippen LogP contribution in [0.1, 0.15) is 37.3 Å². The summed E-state index contributed by atoms with van der Waals surface area (Å²) >= 11 is 0. The van der Waals surface area contributed by atoms with Crippen LogP contribution in [0.4, 0.5) is 4.39 Å². The predicted molar refractivity (Wildman–Crippen MR) is 64.8 cm³/mol. The molecule has 1 aromatic rings. The van der Waals surface area contributed by atoms with Crippen LogP contribution >= 0.6 is 0 Å². The molecule has 0 aliphatic heterocycles. The highest BCUT2D eigenvalue weighted by atomic mass is 19.1. The van der Waals surface area contributed by atoms with Gasteiger partial charge in [0, 0.05) is 13.1 Å². The third-order valence-corrected chi connectivity index (χ3v) is 3.66. The number of halogens is 1. The second-order valence-corrected chi connectivity index (χ2v) is 5.35. The van der Waals surface area contributed by atoms with Crippen molar-refractivity contribution in [2.45, 2.75) is 39.7 Å². The third kappa shape index (κ3) is 2.62. The Labute approximate surface area is 97.1 Å². The summed E-state index contributed by atoms with van der Waals surface area (Å²) in [6.07, 6.45) is 4.04. The summed E-state index contributed by atoms with van der Waals surface area (Å²) in [4.78, 5) is 0. The molecule has 1 aliphatic carbocycles. The standard InChI is InChI=1S/C14H20FN/c1-11-8-12(4-5-13(11)15)9-16-10-14(2)6-3-7-14/h4-5,8,16H,3,6-7,9-10H2,1-2H3. The molecule has 0 spiro atoms. The van der Waals surface area contributed by atoms with Gasteiger partial charge in [-0.2, -0.15) is 0 Å². The van der Waals surface area contributed by atoms with E-state index >= 15 is 0 Å². The number of nitrogens with one attached hydrogen (secondary N) is 1. The first-order chi connectivity index (χ1) is 7.59. The molecular weight excluding hydrogens is 201 g/mol. The predicted octanol–water partition coefficient (Wildman–Crippen LogP) is 3.41. The van der Waals surface area contributed by atoms with Gasteiger partial charge in [0.15, 0.2) is 0 Å². The Hall–Kier alpha value is -0.890. The molecule has 0 saturated heterocycles. The van der Waals surface area contributed by atoms with Crippen LogP contribution in [0.3, 0.4) is 0 Å².